The van der Waals surface area contributed by atoms with Crippen LogP contribution in [0.3, 0.4) is 0 Å². The first-order valence-electron chi connectivity index (χ1n) is 7.57. The summed E-state index contributed by atoms with van der Waals surface area (Å²) in [6.07, 6.45) is 0. The lowest BCUT2D eigenvalue weighted by atomic mass is 10.1. The third-order valence-electron chi connectivity index (χ3n) is 3.75. The van der Waals surface area contributed by atoms with E-state index in [4.69, 9.17) is 9.55 Å². The van der Waals surface area contributed by atoms with Crippen LogP contribution in [0, 0.1) is 0 Å². The molecule has 2 aliphatic rings. The van der Waals surface area contributed by atoms with Crippen molar-refractivity contribution < 1.29 is 13.0 Å². The topological polar surface area (TPSA) is 70.0 Å². The van der Waals surface area contributed by atoms with Crippen molar-refractivity contribution in [2.45, 2.75) is 10.9 Å². The third kappa shape index (κ3) is 4.17. The number of hydrogen-bond donors (Lipinski definition) is 1. The fourth-order valence-corrected chi connectivity index (χ4v) is 4.10. The molecule has 0 saturated carbocycles. The predicted molar refractivity (Wildman–Crippen MR) is 96.9 cm³/mol. The van der Waals surface area contributed by atoms with E-state index in [2.05, 4.69) is 35.2 Å². The minimum absolute atomic E-state index is 0.0741. The van der Waals surface area contributed by atoms with Crippen LogP contribution in [0.25, 0.3) is 0 Å². The minimum Gasteiger partial charge on any atom is -0.348 e. The molecule has 0 bridgehead atoms. The van der Waals surface area contributed by atoms with E-state index in [-0.39, 0.29) is 4.90 Å². The molecule has 2 heterocycles. The van der Waals surface area contributed by atoms with Gasteiger partial charge in [0.05, 0.1) is 10.9 Å². The summed E-state index contributed by atoms with van der Waals surface area (Å²) in [5.74, 6) is 1.21. The molecule has 1 saturated heterocycles. The van der Waals surface area contributed by atoms with Gasteiger partial charge in [0.25, 0.3) is 10.1 Å². The van der Waals surface area contributed by atoms with Crippen LogP contribution >= 0.6 is 11.8 Å². The Morgan fingerprint density at radius 3 is 2.21 bits per heavy atom. The average molecular weight is 362 g/mol. The number of nitrogens with zero attached hydrogens (tertiary/aromatic N) is 2. The Bertz CT molecular complexity index is 808. The second-order valence-corrected chi connectivity index (χ2v) is 7.90. The molecule has 126 valence electrons. The van der Waals surface area contributed by atoms with Crippen LogP contribution in [0.4, 0.5) is 0 Å². The van der Waals surface area contributed by atoms with Crippen molar-refractivity contribution in [3.05, 3.63) is 66.2 Å². The normalized spacial score (nSPS) is 19.3. The van der Waals surface area contributed by atoms with E-state index < -0.39 is 10.1 Å². The van der Waals surface area contributed by atoms with Gasteiger partial charge in [0.15, 0.2) is 5.17 Å². The molecule has 4 rings (SSSR count). The molecule has 1 N–H and O–H groups in total. The standard InChI is InChI=1S/C11H12N2S.C6H6O3S/c1-2-4-9(5-3-1)10-8-13-6-7-14-11(13)12-10;7-10(8,9)6-4-2-1-3-5-6/h1-5,10H,6-8H2;1-5H,(H,7,8,9)/t10-;/m1./s1. The molecule has 1 atom stereocenters. The van der Waals surface area contributed by atoms with Gasteiger partial charge in [-0.15, -0.1) is 0 Å². The van der Waals surface area contributed by atoms with Gasteiger partial charge in [0, 0.05) is 18.8 Å². The highest BCUT2D eigenvalue weighted by Crippen LogP contribution is 2.31. The van der Waals surface area contributed by atoms with Gasteiger partial charge in [0.2, 0.25) is 0 Å². The maximum Gasteiger partial charge on any atom is 0.294 e. The maximum absolute atomic E-state index is 10.4. The predicted octanol–water partition coefficient (Wildman–Crippen LogP) is 3.08. The van der Waals surface area contributed by atoms with Gasteiger partial charge >= 0.3 is 0 Å². The summed E-state index contributed by atoms with van der Waals surface area (Å²) in [6.45, 7) is 2.25. The van der Waals surface area contributed by atoms with Crippen molar-refractivity contribution in [2.24, 2.45) is 4.99 Å². The highest BCUT2D eigenvalue weighted by molar-refractivity contribution is 8.14. The largest absolute Gasteiger partial charge is 0.348 e. The monoisotopic (exact) mass is 362 g/mol. The molecule has 2 aliphatic heterocycles. The van der Waals surface area contributed by atoms with E-state index in [0.717, 1.165) is 6.54 Å². The Balaban J connectivity index is 0.000000150. The van der Waals surface area contributed by atoms with Crippen LogP contribution in [-0.2, 0) is 10.1 Å². The van der Waals surface area contributed by atoms with E-state index in [1.165, 1.54) is 35.2 Å². The number of hydrogen-bond acceptors (Lipinski definition) is 5. The molecule has 1 fully saturated rings. The van der Waals surface area contributed by atoms with Gasteiger partial charge in [0.1, 0.15) is 0 Å². The highest BCUT2D eigenvalue weighted by Gasteiger charge is 2.29. The third-order valence-corrected chi connectivity index (χ3v) is 5.62. The summed E-state index contributed by atoms with van der Waals surface area (Å²) in [5, 5.41) is 1.25. The molecule has 0 radical (unpaired) electrons. The Morgan fingerprint density at radius 2 is 1.67 bits per heavy atom. The van der Waals surface area contributed by atoms with Gasteiger partial charge in [-0.05, 0) is 17.7 Å². The molecule has 24 heavy (non-hydrogen) atoms. The van der Waals surface area contributed by atoms with Crippen molar-refractivity contribution in [3.8, 4) is 0 Å². The van der Waals surface area contributed by atoms with Crippen LogP contribution in [0.5, 0.6) is 0 Å². The Hall–Kier alpha value is -1.83. The summed E-state index contributed by atoms with van der Waals surface area (Å²) < 4.78 is 29.2. The van der Waals surface area contributed by atoms with Crippen LogP contribution in [0.1, 0.15) is 11.6 Å². The summed E-state index contributed by atoms with van der Waals surface area (Å²) in [7, 11) is -4.00. The van der Waals surface area contributed by atoms with Crippen molar-refractivity contribution in [1.82, 2.24) is 4.90 Å². The zero-order chi connectivity index (χ0) is 17.0. The summed E-state index contributed by atoms with van der Waals surface area (Å²) in [4.78, 5) is 7.04. The number of fused-ring (bicyclic) bond motifs is 1. The van der Waals surface area contributed by atoms with Crippen LogP contribution in [0.2, 0.25) is 0 Å². The lowest BCUT2D eigenvalue weighted by molar-refractivity contribution is 0.464. The Kier molecular flexibility index (Phi) is 5.23. The lowest BCUT2D eigenvalue weighted by Gasteiger charge is -2.12. The lowest BCUT2D eigenvalue weighted by Crippen LogP contribution is -2.21. The number of thioether (sulfide) groups is 1. The van der Waals surface area contributed by atoms with Crippen LogP contribution < -0.4 is 0 Å². The van der Waals surface area contributed by atoms with Gasteiger partial charge in [-0.3, -0.25) is 9.55 Å². The number of aliphatic imine (C=N–C) groups is 1. The fourth-order valence-electron chi connectivity index (χ4n) is 2.55. The second kappa shape index (κ2) is 7.38. The van der Waals surface area contributed by atoms with Gasteiger partial charge in [-0.2, -0.15) is 8.42 Å². The van der Waals surface area contributed by atoms with Gasteiger partial charge < -0.3 is 4.90 Å². The second-order valence-electron chi connectivity index (χ2n) is 5.42. The average Bonchev–Trinajstić information content (AvgIpc) is 3.18. The quantitative estimate of drug-likeness (QED) is 0.832. The van der Waals surface area contributed by atoms with Crippen LogP contribution in [0.15, 0.2) is 70.6 Å². The van der Waals surface area contributed by atoms with Crippen molar-refractivity contribution in [1.29, 1.82) is 0 Å². The van der Waals surface area contributed by atoms with E-state index >= 15 is 0 Å². The summed E-state index contributed by atoms with van der Waals surface area (Å²) in [5.41, 5.74) is 1.34. The van der Waals surface area contributed by atoms with Crippen molar-refractivity contribution in [3.63, 3.8) is 0 Å². The smallest absolute Gasteiger partial charge is 0.294 e. The van der Waals surface area contributed by atoms with E-state index in [9.17, 15) is 8.42 Å². The number of amidine groups is 1. The molecule has 0 aliphatic carbocycles. The molecule has 2 aromatic rings. The molecule has 0 aromatic heterocycles. The maximum atomic E-state index is 10.4. The molecule has 7 heteroatoms. The molecular formula is C17H18N2O3S2. The summed E-state index contributed by atoms with van der Waals surface area (Å²) in [6, 6.07) is 18.4. The SMILES string of the molecule is O=S(=O)(O)c1ccccc1.c1ccc([C@H]2CN3CCSC3=N2)cc1. The Morgan fingerprint density at radius 1 is 1.04 bits per heavy atom. The molecule has 0 amide bonds. The van der Waals surface area contributed by atoms with Crippen LogP contribution in [-0.4, -0.2) is 41.9 Å². The first-order valence-corrected chi connectivity index (χ1v) is 9.99. The van der Waals surface area contributed by atoms with E-state index in [1.807, 2.05) is 11.8 Å². The minimum atomic E-state index is -4.00. The van der Waals surface area contributed by atoms with Crippen molar-refractivity contribution in [2.75, 3.05) is 18.8 Å². The zero-order valence-corrected chi connectivity index (χ0v) is 14.6. The van der Waals surface area contributed by atoms with Gasteiger partial charge in [-0.25, -0.2) is 0 Å². The van der Waals surface area contributed by atoms with Gasteiger partial charge in [-0.1, -0.05) is 60.3 Å². The Labute approximate surface area is 146 Å². The fraction of sp³-hybridized carbons (Fsp3) is 0.235. The molecule has 5 nitrogen and oxygen atoms in total. The number of benzene rings is 2. The highest BCUT2D eigenvalue weighted by atomic mass is 32.2. The first kappa shape index (κ1) is 17.0. The molecule has 0 spiro atoms. The first-order chi connectivity index (χ1) is 11.5. The molecule has 0 unspecified atom stereocenters. The summed E-state index contributed by atoms with van der Waals surface area (Å²) >= 11 is 1.89. The van der Waals surface area contributed by atoms with E-state index in [1.54, 1.807) is 18.2 Å². The molecule has 2 aromatic carbocycles. The number of rotatable bonds is 2. The zero-order valence-electron chi connectivity index (χ0n) is 12.9. The van der Waals surface area contributed by atoms with E-state index in [0.29, 0.717) is 6.04 Å². The van der Waals surface area contributed by atoms with Crippen molar-refractivity contribution >= 4 is 27.0 Å². The molecular weight excluding hydrogens is 344 g/mol.